The quantitative estimate of drug-likeness (QED) is 0.640. The molecule has 0 aliphatic rings. The van der Waals surface area contributed by atoms with Crippen molar-refractivity contribution in [2.24, 2.45) is 4.99 Å². The van der Waals surface area contributed by atoms with Gasteiger partial charge in [0.1, 0.15) is 5.82 Å². The molecule has 0 bridgehead atoms. The fourth-order valence-electron chi connectivity index (χ4n) is 1.73. The molecule has 0 fully saturated rings. The average Bonchev–Trinajstić information content (AvgIpc) is 2.97. The van der Waals surface area contributed by atoms with Gasteiger partial charge in [0.15, 0.2) is 5.96 Å². The summed E-state index contributed by atoms with van der Waals surface area (Å²) >= 11 is 0. The molecule has 0 aliphatic carbocycles. The molecule has 0 atom stereocenters. The molecule has 0 radical (unpaired) electrons. The molecule has 0 spiro atoms. The third-order valence-electron chi connectivity index (χ3n) is 2.79. The Labute approximate surface area is 117 Å². The van der Waals surface area contributed by atoms with Gasteiger partial charge in [-0.1, -0.05) is 12.1 Å². The van der Waals surface area contributed by atoms with Crippen LogP contribution in [0.1, 0.15) is 5.56 Å². The van der Waals surface area contributed by atoms with Crippen LogP contribution in [0.5, 0.6) is 0 Å². The van der Waals surface area contributed by atoms with Crippen LogP contribution in [0, 0.1) is 5.82 Å². The van der Waals surface area contributed by atoms with Gasteiger partial charge in [0.2, 0.25) is 0 Å². The van der Waals surface area contributed by atoms with E-state index in [1.54, 1.807) is 25.4 Å². The molecule has 1 aromatic heterocycles. The second-order valence-electron chi connectivity index (χ2n) is 4.25. The molecule has 6 heteroatoms. The zero-order valence-corrected chi connectivity index (χ0v) is 11.4. The van der Waals surface area contributed by atoms with Gasteiger partial charge < -0.3 is 10.6 Å². The summed E-state index contributed by atoms with van der Waals surface area (Å²) in [6, 6.07) is 8.29. The summed E-state index contributed by atoms with van der Waals surface area (Å²) in [6.07, 6.45) is 3.66. The normalized spacial score (nSPS) is 11.4. The van der Waals surface area contributed by atoms with Crippen molar-refractivity contribution in [3.8, 4) is 0 Å². The van der Waals surface area contributed by atoms with E-state index in [1.165, 1.54) is 12.1 Å². The number of aromatic nitrogens is 2. The lowest BCUT2D eigenvalue weighted by Gasteiger charge is -2.12. The zero-order chi connectivity index (χ0) is 14.2. The van der Waals surface area contributed by atoms with E-state index in [4.69, 9.17) is 0 Å². The Morgan fingerprint density at radius 2 is 2.10 bits per heavy atom. The standard InChI is InChI=1S/C14H18FN5/c1-16-14(17-8-10-20-9-2-7-19-20)18-11-12-3-5-13(15)6-4-12/h2-7,9H,8,10-11H2,1H3,(H2,16,17,18). The minimum absolute atomic E-state index is 0.226. The third-order valence-corrected chi connectivity index (χ3v) is 2.79. The Balaban J connectivity index is 1.73. The molecule has 2 rings (SSSR count). The Bertz CT molecular complexity index is 533. The van der Waals surface area contributed by atoms with Gasteiger partial charge >= 0.3 is 0 Å². The summed E-state index contributed by atoms with van der Waals surface area (Å²) in [5.74, 6) is 0.483. The second-order valence-corrected chi connectivity index (χ2v) is 4.25. The molecule has 5 nitrogen and oxygen atoms in total. The number of rotatable bonds is 5. The first-order valence-electron chi connectivity index (χ1n) is 6.44. The maximum Gasteiger partial charge on any atom is 0.191 e. The van der Waals surface area contributed by atoms with Crippen molar-refractivity contribution in [2.75, 3.05) is 13.6 Å². The fraction of sp³-hybridized carbons (Fsp3) is 0.286. The van der Waals surface area contributed by atoms with Crippen molar-refractivity contribution in [3.63, 3.8) is 0 Å². The van der Waals surface area contributed by atoms with Gasteiger partial charge in [0.25, 0.3) is 0 Å². The summed E-state index contributed by atoms with van der Waals surface area (Å²) in [5, 5.41) is 10.5. The number of nitrogens with one attached hydrogen (secondary N) is 2. The van der Waals surface area contributed by atoms with Crippen molar-refractivity contribution < 1.29 is 4.39 Å². The van der Waals surface area contributed by atoms with Crippen molar-refractivity contribution in [2.45, 2.75) is 13.1 Å². The molecule has 2 aromatic rings. The Morgan fingerprint density at radius 3 is 2.75 bits per heavy atom. The van der Waals surface area contributed by atoms with Gasteiger partial charge in [-0.3, -0.25) is 9.67 Å². The van der Waals surface area contributed by atoms with Crippen LogP contribution < -0.4 is 10.6 Å². The number of hydrogen-bond acceptors (Lipinski definition) is 2. The van der Waals surface area contributed by atoms with Crippen molar-refractivity contribution in [1.82, 2.24) is 20.4 Å². The van der Waals surface area contributed by atoms with Crippen LogP contribution in [0.3, 0.4) is 0 Å². The molecule has 2 N–H and O–H groups in total. The minimum Gasteiger partial charge on any atom is -0.355 e. The molecular weight excluding hydrogens is 257 g/mol. The molecule has 1 aromatic carbocycles. The van der Waals surface area contributed by atoms with Crippen LogP contribution in [0.15, 0.2) is 47.7 Å². The highest BCUT2D eigenvalue weighted by Crippen LogP contribution is 2.01. The highest BCUT2D eigenvalue weighted by atomic mass is 19.1. The number of nitrogens with zero attached hydrogens (tertiary/aromatic N) is 3. The zero-order valence-electron chi connectivity index (χ0n) is 11.4. The fourth-order valence-corrected chi connectivity index (χ4v) is 1.73. The van der Waals surface area contributed by atoms with Gasteiger partial charge in [0.05, 0.1) is 6.54 Å². The summed E-state index contributed by atoms with van der Waals surface area (Å²) in [4.78, 5) is 4.13. The molecule has 0 unspecified atom stereocenters. The van der Waals surface area contributed by atoms with E-state index >= 15 is 0 Å². The largest absolute Gasteiger partial charge is 0.355 e. The van der Waals surface area contributed by atoms with E-state index in [9.17, 15) is 4.39 Å². The average molecular weight is 275 g/mol. The highest BCUT2D eigenvalue weighted by molar-refractivity contribution is 5.79. The van der Waals surface area contributed by atoms with Crippen molar-refractivity contribution >= 4 is 5.96 Å². The van der Waals surface area contributed by atoms with Gasteiger partial charge in [-0.15, -0.1) is 0 Å². The van der Waals surface area contributed by atoms with Gasteiger partial charge in [-0.2, -0.15) is 5.10 Å². The molecule has 106 valence electrons. The lowest BCUT2D eigenvalue weighted by molar-refractivity contribution is 0.597. The monoisotopic (exact) mass is 275 g/mol. The topological polar surface area (TPSA) is 54.2 Å². The SMILES string of the molecule is CN=C(NCCn1cccn1)NCc1ccc(F)cc1. The Morgan fingerprint density at radius 1 is 1.30 bits per heavy atom. The van der Waals surface area contributed by atoms with E-state index in [-0.39, 0.29) is 5.82 Å². The Hall–Kier alpha value is -2.37. The lowest BCUT2D eigenvalue weighted by Crippen LogP contribution is -2.38. The van der Waals surface area contributed by atoms with Gasteiger partial charge in [-0.05, 0) is 23.8 Å². The van der Waals surface area contributed by atoms with Crippen LogP contribution in [0.25, 0.3) is 0 Å². The maximum atomic E-state index is 12.8. The second kappa shape index (κ2) is 7.28. The Kier molecular flexibility index (Phi) is 5.11. The number of guanidine groups is 1. The predicted molar refractivity (Wildman–Crippen MR) is 76.8 cm³/mol. The number of benzene rings is 1. The molecule has 0 amide bonds. The predicted octanol–water partition coefficient (Wildman–Crippen LogP) is 1.39. The van der Waals surface area contributed by atoms with Crippen LogP contribution in [0.2, 0.25) is 0 Å². The minimum atomic E-state index is -0.226. The van der Waals surface area contributed by atoms with E-state index in [0.717, 1.165) is 18.7 Å². The van der Waals surface area contributed by atoms with E-state index in [0.29, 0.717) is 12.5 Å². The van der Waals surface area contributed by atoms with Crippen LogP contribution in [-0.2, 0) is 13.1 Å². The van der Waals surface area contributed by atoms with Crippen molar-refractivity contribution in [1.29, 1.82) is 0 Å². The maximum absolute atomic E-state index is 12.8. The first kappa shape index (κ1) is 14.0. The van der Waals surface area contributed by atoms with E-state index in [1.807, 2.05) is 16.9 Å². The summed E-state index contributed by atoms with van der Waals surface area (Å²) in [5.41, 5.74) is 1.00. The van der Waals surface area contributed by atoms with Gasteiger partial charge in [-0.25, -0.2) is 4.39 Å². The number of halogens is 1. The molecule has 0 aliphatic heterocycles. The number of hydrogen-bond donors (Lipinski definition) is 2. The molecule has 0 saturated heterocycles. The highest BCUT2D eigenvalue weighted by Gasteiger charge is 1.99. The van der Waals surface area contributed by atoms with E-state index in [2.05, 4.69) is 20.7 Å². The summed E-state index contributed by atoms with van der Waals surface area (Å²) < 4.78 is 14.6. The first-order chi connectivity index (χ1) is 9.78. The smallest absolute Gasteiger partial charge is 0.191 e. The van der Waals surface area contributed by atoms with Crippen LogP contribution in [0.4, 0.5) is 4.39 Å². The molecule has 0 saturated carbocycles. The van der Waals surface area contributed by atoms with Crippen LogP contribution >= 0.6 is 0 Å². The molecular formula is C14H18FN5. The molecule has 20 heavy (non-hydrogen) atoms. The van der Waals surface area contributed by atoms with Crippen LogP contribution in [-0.4, -0.2) is 29.3 Å². The van der Waals surface area contributed by atoms with Gasteiger partial charge in [0, 0.05) is 32.5 Å². The third kappa shape index (κ3) is 4.38. The summed E-state index contributed by atoms with van der Waals surface area (Å²) in [6.45, 7) is 2.09. The number of aliphatic imine (C=N–C) groups is 1. The lowest BCUT2D eigenvalue weighted by atomic mass is 10.2. The summed E-state index contributed by atoms with van der Waals surface area (Å²) in [7, 11) is 1.72. The van der Waals surface area contributed by atoms with E-state index < -0.39 is 0 Å². The first-order valence-corrected chi connectivity index (χ1v) is 6.44. The van der Waals surface area contributed by atoms with Crippen molar-refractivity contribution in [3.05, 3.63) is 54.1 Å². The molecule has 1 heterocycles.